The Morgan fingerprint density at radius 3 is 2.65 bits per heavy atom. The van der Waals surface area contributed by atoms with E-state index < -0.39 is 0 Å². The van der Waals surface area contributed by atoms with Crippen molar-refractivity contribution in [1.82, 2.24) is 0 Å². The zero-order chi connectivity index (χ0) is 15.1. The Morgan fingerprint density at radius 2 is 2.10 bits per heavy atom. The molecule has 4 nitrogen and oxygen atoms in total. The molecule has 0 fully saturated rings. The lowest BCUT2D eigenvalue weighted by Gasteiger charge is -2.14. The first-order valence-electron chi connectivity index (χ1n) is 7.25. The van der Waals surface area contributed by atoms with Gasteiger partial charge in [-0.25, -0.2) is 0 Å². The van der Waals surface area contributed by atoms with Gasteiger partial charge in [-0.15, -0.1) is 0 Å². The topological polar surface area (TPSA) is 64.4 Å². The molecule has 1 aromatic carbocycles. The number of nitrogens with one attached hydrogen (secondary N) is 1. The van der Waals surface area contributed by atoms with Gasteiger partial charge in [0.1, 0.15) is 5.75 Å². The molecule has 0 saturated heterocycles. The second kappa shape index (κ2) is 7.90. The molecule has 1 unspecified atom stereocenters. The van der Waals surface area contributed by atoms with Crippen LogP contribution in [0.4, 0.5) is 5.69 Å². The van der Waals surface area contributed by atoms with Crippen molar-refractivity contribution in [2.75, 3.05) is 5.32 Å². The van der Waals surface area contributed by atoms with Crippen LogP contribution in [0.15, 0.2) is 18.2 Å². The third-order valence-corrected chi connectivity index (χ3v) is 2.95. The van der Waals surface area contributed by atoms with Crippen molar-refractivity contribution < 1.29 is 9.53 Å². The van der Waals surface area contributed by atoms with Gasteiger partial charge in [0.15, 0.2) is 0 Å². The quantitative estimate of drug-likeness (QED) is 0.804. The van der Waals surface area contributed by atoms with Gasteiger partial charge in [-0.05, 0) is 51.0 Å². The minimum Gasteiger partial charge on any atom is -0.491 e. The molecule has 0 bridgehead atoms. The average molecular weight is 278 g/mol. The summed E-state index contributed by atoms with van der Waals surface area (Å²) in [6.07, 6.45) is 2.36. The van der Waals surface area contributed by atoms with Crippen molar-refractivity contribution in [1.29, 1.82) is 0 Å². The van der Waals surface area contributed by atoms with Crippen molar-refractivity contribution >= 4 is 11.6 Å². The first-order chi connectivity index (χ1) is 9.42. The second-order valence-corrected chi connectivity index (χ2v) is 5.44. The van der Waals surface area contributed by atoms with Crippen LogP contribution in [0.3, 0.4) is 0 Å². The fourth-order valence-corrected chi connectivity index (χ4v) is 2.03. The van der Waals surface area contributed by atoms with Gasteiger partial charge in [-0.2, -0.15) is 0 Å². The van der Waals surface area contributed by atoms with Crippen LogP contribution in [0.1, 0.15) is 45.6 Å². The van der Waals surface area contributed by atoms with E-state index in [2.05, 4.69) is 12.2 Å². The maximum Gasteiger partial charge on any atom is 0.225 e. The standard InChI is InChI=1S/C16H26N2O2/c1-5-6-13(17)10-16(19)18-15-8-7-14(9-12(15)4)20-11(2)3/h7-9,11,13H,5-6,10,17H2,1-4H3,(H,18,19). The van der Waals surface area contributed by atoms with Crippen LogP contribution in [-0.2, 0) is 4.79 Å². The number of rotatable bonds is 7. The third-order valence-electron chi connectivity index (χ3n) is 2.95. The van der Waals surface area contributed by atoms with Crippen LogP contribution in [0.5, 0.6) is 5.75 Å². The van der Waals surface area contributed by atoms with Crippen LogP contribution >= 0.6 is 0 Å². The van der Waals surface area contributed by atoms with E-state index in [0.717, 1.165) is 29.8 Å². The summed E-state index contributed by atoms with van der Waals surface area (Å²) in [6.45, 7) is 7.99. The van der Waals surface area contributed by atoms with Crippen LogP contribution in [0.2, 0.25) is 0 Å². The Morgan fingerprint density at radius 1 is 1.40 bits per heavy atom. The highest BCUT2D eigenvalue weighted by Crippen LogP contribution is 2.22. The van der Waals surface area contributed by atoms with Gasteiger partial charge in [-0.3, -0.25) is 4.79 Å². The summed E-state index contributed by atoms with van der Waals surface area (Å²) in [4.78, 5) is 11.9. The Bertz CT molecular complexity index is 444. The number of hydrogen-bond acceptors (Lipinski definition) is 3. The molecule has 1 atom stereocenters. The van der Waals surface area contributed by atoms with Crippen LogP contribution in [0, 0.1) is 6.92 Å². The molecule has 20 heavy (non-hydrogen) atoms. The Hall–Kier alpha value is -1.55. The predicted octanol–water partition coefficient (Wildman–Crippen LogP) is 3.24. The number of carbonyl (C=O) groups is 1. The molecule has 0 saturated carbocycles. The van der Waals surface area contributed by atoms with E-state index in [1.165, 1.54) is 0 Å². The molecule has 0 spiro atoms. The molecule has 0 heterocycles. The van der Waals surface area contributed by atoms with E-state index in [1.807, 2.05) is 39.0 Å². The van der Waals surface area contributed by atoms with Crippen molar-refractivity contribution in [3.63, 3.8) is 0 Å². The zero-order valence-electron chi connectivity index (χ0n) is 12.9. The maximum absolute atomic E-state index is 11.9. The SMILES string of the molecule is CCCC(N)CC(=O)Nc1ccc(OC(C)C)cc1C. The fraction of sp³-hybridized carbons (Fsp3) is 0.562. The molecule has 1 amide bonds. The molecule has 4 heteroatoms. The average Bonchev–Trinajstić information content (AvgIpc) is 2.32. The number of benzene rings is 1. The predicted molar refractivity (Wildman–Crippen MR) is 83.1 cm³/mol. The second-order valence-electron chi connectivity index (χ2n) is 5.44. The van der Waals surface area contributed by atoms with Gasteiger partial charge in [0.05, 0.1) is 6.10 Å². The normalized spacial score (nSPS) is 12.3. The van der Waals surface area contributed by atoms with Crippen LogP contribution in [-0.4, -0.2) is 18.1 Å². The lowest BCUT2D eigenvalue weighted by Crippen LogP contribution is -2.27. The molecule has 0 radical (unpaired) electrons. The largest absolute Gasteiger partial charge is 0.491 e. The van der Waals surface area contributed by atoms with Crippen molar-refractivity contribution in [3.05, 3.63) is 23.8 Å². The highest BCUT2D eigenvalue weighted by atomic mass is 16.5. The minimum atomic E-state index is -0.0659. The fourth-order valence-electron chi connectivity index (χ4n) is 2.03. The van der Waals surface area contributed by atoms with E-state index in [9.17, 15) is 4.79 Å². The molecular weight excluding hydrogens is 252 g/mol. The van der Waals surface area contributed by atoms with Crippen LogP contribution < -0.4 is 15.8 Å². The summed E-state index contributed by atoms with van der Waals surface area (Å²) in [5.74, 6) is 0.782. The molecule has 3 N–H and O–H groups in total. The molecular formula is C16H26N2O2. The minimum absolute atomic E-state index is 0.0356. The van der Waals surface area contributed by atoms with Gasteiger partial charge in [0.25, 0.3) is 0 Å². The van der Waals surface area contributed by atoms with Gasteiger partial charge in [0, 0.05) is 18.2 Å². The molecule has 0 aliphatic heterocycles. The summed E-state index contributed by atoms with van der Waals surface area (Å²) >= 11 is 0. The molecule has 112 valence electrons. The van der Waals surface area contributed by atoms with Gasteiger partial charge >= 0.3 is 0 Å². The molecule has 0 aliphatic rings. The Balaban J connectivity index is 2.61. The number of nitrogens with two attached hydrogens (primary N) is 1. The van der Waals surface area contributed by atoms with Crippen LogP contribution in [0.25, 0.3) is 0 Å². The molecule has 1 rings (SSSR count). The number of ether oxygens (including phenoxy) is 1. The van der Waals surface area contributed by atoms with Crippen molar-refractivity contribution in [3.8, 4) is 5.75 Å². The third kappa shape index (κ3) is 5.61. The van der Waals surface area contributed by atoms with Gasteiger partial charge in [0.2, 0.25) is 5.91 Å². The summed E-state index contributed by atoms with van der Waals surface area (Å²) in [7, 11) is 0. The van der Waals surface area contributed by atoms with Gasteiger partial charge < -0.3 is 15.8 Å². The number of hydrogen-bond donors (Lipinski definition) is 2. The van der Waals surface area contributed by atoms with E-state index in [1.54, 1.807) is 0 Å². The number of amides is 1. The highest BCUT2D eigenvalue weighted by molar-refractivity contribution is 5.91. The molecule has 0 aliphatic carbocycles. The lowest BCUT2D eigenvalue weighted by molar-refractivity contribution is -0.116. The lowest BCUT2D eigenvalue weighted by atomic mass is 10.1. The highest BCUT2D eigenvalue weighted by Gasteiger charge is 2.10. The van der Waals surface area contributed by atoms with Crippen molar-refractivity contribution in [2.24, 2.45) is 5.73 Å². The van der Waals surface area contributed by atoms with E-state index >= 15 is 0 Å². The number of carbonyl (C=O) groups excluding carboxylic acids is 1. The van der Waals surface area contributed by atoms with Gasteiger partial charge in [-0.1, -0.05) is 13.3 Å². The Labute approximate surface area is 121 Å². The smallest absolute Gasteiger partial charge is 0.225 e. The van der Waals surface area contributed by atoms with Crippen molar-refractivity contribution in [2.45, 2.75) is 59.1 Å². The summed E-state index contributed by atoms with van der Waals surface area (Å²) in [6, 6.07) is 5.61. The van der Waals surface area contributed by atoms with E-state index in [-0.39, 0.29) is 18.1 Å². The Kier molecular flexibility index (Phi) is 6.52. The molecule has 0 aromatic heterocycles. The van der Waals surface area contributed by atoms with E-state index in [0.29, 0.717) is 6.42 Å². The first-order valence-corrected chi connectivity index (χ1v) is 7.25. The zero-order valence-corrected chi connectivity index (χ0v) is 12.9. The van der Waals surface area contributed by atoms with E-state index in [4.69, 9.17) is 10.5 Å². The monoisotopic (exact) mass is 278 g/mol. The summed E-state index contributed by atoms with van der Waals surface area (Å²) in [5.41, 5.74) is 7.68. The molecule has 1 aromatic rings. The number of anilines is 1. The summed E-state index contributed by atoms with van der Waals surface area (Å²) < 4.78 is 5.62. The number of aryl methyl sites for hydroxylation is 1. The summed E-state index contributed by atoms with van der Waals surface area (Å²) in [5, 5.41) is 2.91. The maximum atomic E-state index is 11.9. The first kappa shape index (κ1) is 16.5.